The Bertz CT molecular complexity index is 983. The second kappa shape index (κ2) is 12.4. The number of carbonyl (C=O) groups excluding carboxylic acids is 4. The Morgan fingerprint density at radius 1 is 0.912 bits per heavy atom. The lowest BCUT2D eigenvalue weighted by atomic mass is 10.1. The number of hydrogen-bond acceptors (Lipinski definition) is 7. The minimum atomic E-state index is -0.907. The zero-order valence-electron chi connectivity index (χ0n) is 19.8. The van der Waals surface area contributed by atoms with Crippen molar-refractivity contribution in [3.8, 4) is 0 Å². The predicted octanol–water partition coefficient (Wildman–Crippen LogP) is 2.77. The summed E-state index contributed by atoms with van der Waals surface area (Å²) in [5, 5.41) is 5.16. The van der Waals surface area contributed by atoms with E-state index in [1.165, 1.54) is 19.2 Å². The van der Waals surface area contributed by atoms with E-state index in [9.17, 15) is 19.2 Å². The quantitative estimate of drug-likeness (QED) is 0.427. The molecular weight excluding hydrogens is 440 g/mol. The van der Waals surface area contributed by atoms with Gasteiger partial charge in [-0.3, -0.25) is 4.79 Å². The van der Waals surface area contributed by atoms with Crippen LogP contribution in [-0.2, 0) is 36.8 Å². The van der Waals surface area contributed by atoms with Gasteiger partial charge < -0.3 is 24.8 Å². The lowest BCUT2D eigenvalue weighted by molar-refractivity contribution is -0.145. The summed E-state index contributed by atoms with van der Waals surface area (Å²) in [7, 11) is 1.24. The van der Waals surface area contributed by atoms with Crippen LogP contribution in [0.3, 0.4) is 0 Å². The molecule has 2 N–H and O–H groups in total. The molecule has 0 radical (unpaired) electrons. The lowest BCUT2D eigenvalue weighted by Crippen LogP contribution is -2.44. The second-order valence-corrected chi connectivity index (χ2v) is 8.46. The van der Waals surface area contributed by atoms with Crippen LogP contribution in [0.4, 0.5) is 4.79 Å². The first-order valence-electron chi connectivity index (χ1n) is 10.7. The highest BCUT2D eigenvalue weighted by Crippen LogP contribution is 2.09. The summed E-state index contributed by atoms with van der Waals surface area (Å²) >= 11 is 0. The van der Waals surface area contributed by atoms with Crippen molar-refractivity contribution in [2.24, 2.45) is 0 Å². The van der Waals surface area contributed by atoms with Gasteiger partial charge in [-0.05, 0) is 44.0 Å². The van der Waals surface area contributed by atoms with Gasteiger partial charge in [0.25, 0.3) is 5.91 Å². The molecule has 0 spiro atoms. The van der Waals surface area contributed by atoms with Crippen molar-refractivity contribution in [3.05, 3.63) is 71.3 Å². The molecule has 0 aliphatic carbocycles. The highest BCUT2D eigenvalue weighted by atomic mass is 16.6. The maximum absolute atomic E-state index is 12.3. The van der Waals surface area contributed by atoms with E-state index >= 15 is 0 Å². The van der Waals surface area contributed by atoms with Crippen LogP contribution in [0.2, 0.25) is 0 Å². The van der Waals surface area contributed by atoms with E-state index in [4.69, 9.17) is 14.2 Å². The van der Waals surface area contributed by atoms with E-state index in [0.717, 1.165) is 11.1 Å². The minimum Gasteiger partial charge on any atom is -0.467 e. The Hall–Kier alpha value is -3.88. The molecule has 2 aromatic rings. The number of benzene rings is 2. The first-order valence-corrected chi connectivity index (χ1v) is 10.7. The van der Waals surface area contributed by atoms with Crippen molar-refractivity contribution in [1.29, 1.82) is 0 Å². The maximum Gasteiger partial charge on any atom is 0.407 e. The van der Waals surface area contributed by atoms with E-state index in [-0.39, 0.29) is 18.5 Å². The zero-order valence-corrected chi connectivity index (χ0v) is 19.8. The number of esters is 2. The van der Waals surface area contributed by atoms with E-state index in [2.05, 4.69) is 10.6 Å². The molecule has 0 aliphatic rings. The Morgan fingerprint density at radius 2 is 1.56 bits per heavy atom. The van der Waals surface area contributed by atoms with Crippen LogP contribution in [0.5, 0.6) is 0 Å². The van der Waals surface area contributed by atoms with Crippen LogP contribution in [0, 0.1) is 0 Å². The van der Waals surface area contributed by atoms with Crippen molar-refractivity contribution < 1.29 is 33.4 Å². The molecule has 0 aromatic heterocycles. The van der Waals surface area contributed by atoms with Gasteiger partial charge >= 0.3 is 18.0 Å². The smallest absolute Gasteiger partial charge is 0.407 e. The predicted molar refractivity (Wildman–Crippen MR) is 124 cm³/mol. The molecule has 1 unspecified atom stereocenters. The Labute approximate surface area is 198 Å². The molecular formula is C25H30N2O7. The van der Waals surface area contributed by atoms with Crippen molar-refractivity contribution in [3.63, 3.8) is 0 Å². The van der Waals surface area contributed by atoms with Crippen LogP contribution in [-0.4, -0.2) is 49.3 Å². The summed E-state index contributed by atoms with van der Waals surface area (Å²) < 4.78 is 15.0. The molecule has 0 heterocycles. The molecule has 2 aromatic carbocycles. The zero-order chi connectivity index (χ0) is 25.1. The number of alkyl carbamates (subject to hydrolysis) is 1. The summed E-state index contributed by atoms with van der Waals surface area (Å²) in [6.45, 7) is 4.98. The minimum absolute atomic E-state index is 0.225. The average molecular weight is 471 g/mol. The number of carbonyl (C=O) groups is 4. The molecule has 0 aliphatic heterocycles. The Morgan fingerprint density at radius 3 is 2.15 bits per heavy atom. The van der Waals surface area contributed by atoms with E-state index < -0.39 is 42.2 Å². The van der Waals surface area contributed by atoms with Crippen molar-refractivity contribution in [2.45, 2.75) is 45.4 Å². The summed E-state index contributed by atoms with van der Waals surface area (Å²) in [5.74, 6) is -1.92. The van der Waals surface area contributed by atoms with Gasteiger partial charge in [-0.15, -0.1) is 0 Å². The van der Waals surface area contributed by atoms with E-state index in [1.54, 1.807) is 32.9 Å². The molecule has 182 valence electrons. The summed E-state index contributed by atoms with van der Waals surface area (Å²) in [4.78, 5) is 48.3. The fraction of sp³-hybridized carbons (Fsp3) is 0.360. The molecule has 1 atom stereocenters. The maximum atomic E-state index is 12.3. The normalized spacial score (nSPS) is 11.6. The summed E-state index contributed by atoms with van der Waals surface area (Å²) in [6.07, 6.45) is -0.300. The molecule has 2 rings (SSSR count). The highest BCUT2D eigenvalue weighted by Gasteiger charge is 2.23. The van der Waals surface area contributed by atoms with Gasteiger partial charge in [-0.25, -0.2) is 14.4 Å². The van der Waals surface area contributed by atoms with E-state index in [0.29, 0.717) is 0 Å². The molecule has 0 fully saturated rings. The fourth-order valence-corrected chi connectivity index (χ4v) is 2.88. The van der Waals surface area contributed by atoms with Crippen molar-refractivity contribution >= 4 is 23.9 Å². The Kier molecular flexibility index (Phi) is 9.61. The van der Waals surface area contributed by atoms with Gasteiger partial charge in [0.05, 0.1) is 12.7 Å². The first-order chi connectivity index (χ1) is 16.1. The molecule has 0 saturated carbocycles. The third-order valence-corrected chi connectivity index (χ3v) is 4.46. The molecule has 9 nitrogen and oxygen atoms in total. The van der Waals surface area contributed by atoms with Crippen LogP contribution in [0.15, 0.2) is 54.6 Å². The number of amides is 2. The van der Waals surface area contributed by atoms with Gasteiger partial charge in [-0.2, -0.15) is 0 Å². The van der Waals surface area contributed by atoms with Gasteiger partial charge in [-0.1, -0.05) is 42.5 Å². The Balaban J connectivity index is 1.84. The second-order valence-electron chi connectivity index (χ2n) is 8.46. The van der Waals surface area contributed by atoms with Crippen molar-refractivity contribution in [1.82, 2.24) is 10.6 Å². The van der Waals surface area contributed by atoms with Gasteiger partial charge in [0.2, 0.25) is 0 Å². The van der Waals surface area contributed by atoms with Crippen LogP contribution in [0.1, 0.15) is 42.3 Å². The van der Waals surface area contributed by atoms with Crippen LogP contribution < -0.4 is 10.6 Å². The number of rotatable bonds is 9. The molecule has 34 heavy (non-hydrogen) atoms. The SMILES string of the molecule is COC(=O)C(Cc1ccccc1)NC(=O)COC(=O)c1ccc(CNC(=O)OC(C)(C)C)cc1. The molecule has 2 amide bonds. The van der Waals surface area contributed by atoms with Crippen molar-refractivity contribution in [2.75, 3.05) is 13.7 Å². The highest BCUT2D eigenvalue weighted by molar-refractivity contribution is 5.92. The molecule has 0 saturated heterocycles. The monoisotopic (exact) mass is 470 g/mol. The standard InChI is InChI=1S/C25H30N2O7/c1-25(2,3)34-24(31)26-15-18-10-12-19(13-11-18)22(29)33-16-21(28)27-20(23(30)32-4)14-17-8-6-5-7-9-17/h5-13,20H,14-16H2,1-4H3,(H,26,31)(H,27,28). The molecule has 9 heteroatoms. The lowest BCUT2D eigenvalue weighted by Gasteiger charge is -2.19. The average Bonchev–Trinajstić information content (AvgIpc) is 2.80. The third-order valence-electron chi connectivity index (χ3n) is 4.46. The van der Waals surface area contributed by atoms with Crippen LogP contribution >= 0.6 is 0 Å². The number of methoxy groups -OCH3 is 1. The number of nitrogens with one attached hydrogen (secondary N) is 2. The van der Waals surface area contributed by atoms with Gasteiger partial charge in [0.1, 0.15) is 11.6 Å². The van der Waals surface area contributed by atoms with Gasteiger partial charge in [0, 0.05) is 13.0 Å². The van der Waals surface area contributed by atoms with E-state index in [1.807, 2.05) is 30.3 Å². The number of hydrogen-bond donors (Lipinski definition) is 2. The molecule has 0 bridgehead atoms. The fourth-order valence-electron chi connectivity index (χ4n) is 2.88. The largest absolute Gasteiger partial charge is 0.467 e. The summed E-state index contributed by atoms with van der Waals surface area (Å²) in [6, 6.07) is 14.6. The van der Waals surface area contributed by atoms with Crippen LogP contribution in [0.25, 0.3) is 0 Å². The topological polar surface area (TPSA) is 120 Å². The first kappa shape index (κ1) is 26.4. The van der Waals surface area contributed by atoms with Gasteiger partial charge in [0.15, 0.2) is 6.61 Å². The third kappa shape index (κ3) is 9.32. The number of ether oxygens (including phenoxy) is 3. The summed E-state index contributed by atoms with van der Waals surface area (Å²) in [5.41, 5.74) is 1.24.